The van der Waals surface area contributed by atoms with Gasteiger partial charge < -0.3 is 0 Å². The zero-order valence-corrected chi connectivity index (χ0v) is 23.0. The molecule has 0 unspecified atom stereocenters. The van der Waals surface area contributed by atoms with E-state index in [9.17, 15) is 0 Å². The van der Waals surface area contributed by atoms with E-state index in [-0.39, 0.29) is 0 Å². The molecule has 0 fully saturated rings. The van der Waals surface area contributed by atoms with Crippen molar-refractivity contribution in [1.29, 1.82) is 0 Å². The Morgan fingerprint density at radius 1 is 0.773 bits per heavy atom. The molecule has 0 saturated heterocycles. The Kier molecular flexibility index (Phi) is 9.27. The quantitative estimate of drug-likeness (QED) is 0.288. The third-order valence-electron chi connectivity index (χ3n) is 4.02. The van der Waals surface area contributed by atoms with Crippen LogP contribution in [-0.2, 0) is 0 Å². The monoisotopic (exact) mass is 518 g/mol. The summed E-state index contributed by atoms with van der Waals surface area (Å²) >= 11 is -4.28. The van der Waals surface area contributed by atoms with E-state index in [1.54, 1.807) is 9.06 Å². The Hall–Kier alpha value is 0.962. The van der Waals surface area contributed by atoms with Crippen LogP contribution in [0.2, 0.25) is 41.3 Å². The van der Waals surface area contributed by atoms with Gasteiger partial charge in [0.25, 0.3) is 0 Å². The first kappa shape index (κ1) is 23.0. The van der Waals surface area contributed by atoms with Crippen LogP contribution in [0.3, 0.4) is 0 Å². The zero-order valence-electron chi connectivity index (χ0n) is 17.3. The molecule has 0 spiro atoms. The maximum atomic E-state index is 3.79. The third-order valence-corrected chi connectivity index (χ3v) is 12.0. The predicted octanol–water partition coefficient (Wildman–Crippen LogP) is 6.55. The fraction of sp³-hybridized carbons (Fsp3) is 0.789. The van der Waals surface area contributed by atoms with Gasteiger partial charge in [0.2, 0.25) is 0 Å². The first-order valence-corrected chi connectivity index (χ1v) is 28.9. The van der Waals surface area contributed by atoms with E-state index in [2.05, 4.69) is 81.0 Å². The second-order valence-electron chi connectivity index (χ2n) is 9.75. The molecule has 0 nitrogen and oxygen atoms in total. The average molecular weight is 516 g/mol. The molecule has 0 bridgehead atoms. The Morgan fingerprint density at radius 3 is 1.41 bits per heavy atom. The summed E-state index contributed by atoms with van der Waals surface area (Å²) in [5.41, 5.74) is 1.70. The molecule has 0 saturated carbocycles. The minimum absolute atomic E-state index is 0.616. The number of allylic oxidation sites excluding steroid dienone is 2. The van der Waals surface area contributed by atoms with E-state index >= 15 is 0 Å². The van der Waals surface area contributed by atoms with Gasteiger partial charge >= 0.3 is 151 Å². The van der Waals surface area contributed by atoms with Gasteiger partial charge in [-0.1, -0.05) is 0 Å². The average Bonchev–Trinajstić information content (AvgIpc) is 2.22. The summed E-state index contributed by atoms with van der Waals surface area (Å²) in [4.78, 5) is 14.9. The summed E-state index contributed by atoms with van der Waals surface area (Å²) < 4.78 is 5.38. The summed E-state index contributed by atoms with van der Waals surface area (Å²) in [6.45, 7) is 15.0. The van der Waals surface area contributed by atoms with Crippen molar-refractivity contribution in [3.8, 4) is 9.86 Å². The Bertz CT molecular complexity index is 441. The van der Waals surface area contributed by atoms with Gasteiger partial charge in [-0.05, 0) is 0 Å². The summed E-state index contributed by atoms with van der Waals surface area (Å²) in [5, 5.41) is 0. The van der Waals surface area contributed by atoms with Crippen LogP contribution >= 0.6 is 0 Å². The molecule has 0 aliphatic heterocycles. The SMILES string of the molecule is CC(C)B(/C(=[C](/C#[C][Sn]([CH3])([CH3])[CH3])[Sn]([CH3])([CH3])[CH3])C(C)C)C(C)C. The Morgan fingerprint density at radius 2 is 1.18 bits per heavy atom. The molecule has 126 valence electrons. The first-order chi connectivity index (χ1) is 9.68. The van der Waals surface area contributed by atoms with Crippen LogP contribution in [0.5, 0.6) is 0 Å². The molecule has 0 amide bonds. The van der Waals surface area contributed by atoms with Gasteiger partial charge in [-0.2, -0.15) is 0 Å². The molecule has 0 atom stereocenters. The van der Waals surface area contributed by atoms with Gasteiger partial charge in [0, 0.05) is 0 Å². The van der Waals surface area contributed by atoms with Gasteiger partial charge in [-0.25, -0.2) is 0 Å². The van der Waals surface area contributed by atoms with Gasteiger partial charge in [-0.3, -0.25) is 0 Å². The molecule has 0 heterocycles. The van der Waals surface area contributed by atoms with Crippen LogP contribution in [0.15, 0.2) is 9.06 Å². The topological polar surface area (TPSA) is 0 Å². The minimum atomic E-state index is -2.22. The van der Waals surface area contributed by atoms with Crippen molar-refractivity contribution in [2.75, 3.05) is 0 Å². The van der Waals surface area contributed by atoms with Crippen molar-refractivity contribution >= 4 is 43.5 Å². The van der Waals surface area contributed by atoms with Crippen LogP contribution in [0.1, 0.15) is 41.5 Å². The molecule has 0 aromatic rings. The summed E-state index contributed by atoms with van der Waals surface area (Å²) in [5.74, 6) is 5.79. The van der Waals surface area contributed by atoms with Crippen LogP contribution in [0.25, 0.3) is 0 Å². The van der Waals surface area contributed by atoms with Crippen LogP contribution in [0.4, 0.5) is 0 Å². The number of hydrogen-bond acceptors (Lipinski definition) is 0. The molecular formula is C19H39BSn2. The van der Waals surface area contributed by atoms with E-state index in [4.69, 9.17) is 0 Å². The molecule has 3 heteroatoms. The van der Waals surface area contributed by atoms with E-state index in [0.717, 1.165) is 0 Å². The molecule has 0 aromatic carbocycles. The fourth-order valence-corrected chi connectivity index (χ4v) is 10.7. The maximum absolute atomic E-state index is 3.79. The standard InChI is InChI=1S/C13H21B.6CH3.2Sn/c1-8-9-13(10(2)3)14(11(4)5)12(6)7;;;;;;;;/h10-12H,2-7H3;6*1H3;;. The van der Waals surface area contributed by atoms with E-state index in [0.29, 0.717) is 24.3 Å². The van der Waals surface area contributed by atoms with E-state index in [1.165, 1.54) is 0 Å². The van der Waals surface area contributed by atoms with Crippen LogP contribution in [-0.4, -0.2) is 43.5 Å². The molecular weight excluding hydrogens is 476 g/mol. The van der Waals surface area contributed by atoms with Gasteiger partial charge in [-0.15, -0.1) is 0 Å². The van der Waals surface area contributed by atoms with E-state index in [1.807, 2.05) is 0 Å². The molecule has 0 radical (unpaired) electrons. The summed E-state index contributed by atoms with van der Waals surface area (Å²) in [6, 6.07) is 0. The fourth-order valence-electron chi connectivity index (χ4n) is 3.27. The first-order valence-electron chi connectivity index (χ1n) is 8.96. The molecule has 22 heavy (non-hydrogen) atoms. The van der Waals surface area contributed by atoms with Crippen molar-refractivity contribution in [3.05, 3.63) is 9.06 Å². The molecule has 0 N–H and O–H groups in total. The predicted molar refractivity (Wildman–Crippen MR) is 112 cm³/mol. The van der Waals surface area contributed by atoms with Crippen molar-refractivity contribution in [1.82, 2.24) is 0 Å². The van der Waals surface area contributed by atoms with Crippen molar-refractivity contribution in [2.45, 2.75) is 82.8 Å². The molecule has 0 aliphatic carbocycles. The summed E-state index contributed by atoms with van der Waals surface area (Å²) in [6.07, 6.45) is 0. The van der Waals surface area contributed by atoms with Gasteiger partial charge in [0.05, 0.1) is 0 Å². The second-order valence-corrected chi connectivity index (χ2v) is 37.6. The van der Waals surface area contributed by atoms with Crippen LogP contribution < -0.4 is 0 Å². The Labute approximate surface area is 150 Å². The zero-order chi connectivity index (χ0) is 17.9. The molecule has 0 aliphatic rings. The van der Waals surface area contributed by atoms with Crippen LogP contribution in [0, 0.1) is 15.8 Å². The Balaban J connectivity index is 6.43. The molecule has 0 rings (SSSR count). The third kappa shape index (κ3) is 7.69. The van der Waals surface area contributed by atoms with Gasteiger partial charge in [0.15, 0.2) is 0 Å². The summed E-state index contributed by atoms with van der Waals surface area (Å²) in [7, 11) is 0. The van der Waals surface area contributed by atoms with Crippen molar-refractivity contribution in [3.63, 3.8) is 0 Å². The second kappa shape index (κ2) is 8.88. The normalized spacial score (nSPS) is 14.1. The van der Waals surface area contributed by atoms with Crippen molar-refractivity contribution < 1.29 is 0 Å². The van der Waals surface area contributed by atoms with E-state index < -0.39 is 36.8 Å². The number of hydrogen-bond donors (Lipinski definition) is 0. The molecule has 0 aromatic heterocycles. The van der Waals surface area contributed by atoms with Crippen molar-refractivity contribution in [2.24, 2.45) is 5.92 Å². The van der Waals surface area contributed by atoms with Gasteiger partial charge in [0.1, 0.15) is 0 Å². The number of rotatable bonds is 5.